The number of methoxy groups -OCH3 is 1. The summed E-state index contributed by atoms with van der Waals surface area (Å²) in [6.07, 6.45) is 0.753. The number of carbonyl (C=O) groups excluding carboxylic acids is 2. The van der Waals surface area contributed by atoms with Crippen molar-refractivity contribution in [3.05, 3.63) is 95.4 Å². The molecule has 0 aliphatic carbocycles. The van der Waals surface area contributed by atoms with Gasteiger partial charge < -0.3 is 14.8 Å². The number of benzene rings is 3. The first-order valence-electron chi connectivity index (χ1n) is 12.5. The Kier molecular flexibility index (Phi) is 8.10. The second-order valence-electron chi connectivity index (χ2n) is 10.2. The third-order valence-corrected chi connectivity index (χ3v) is 6.26. The number of rotatable bonds is 9. The molecule has 0 radical (unpaired) electrons. The fourth-order valence-corrected chi connectivity index (χ4v) is 4.17. The van der Waals surface area contributed by atoms with Gasteiger partial charge in [-0.05, 0) is 40.8 Å². The summed E-state index contributed by atoms with van der Waals surface area (Å²) < 4.78 is 26.1. The van der Waals surface area contributed by atoms with Crippen LogP contribution in [0.15, 0.2) is 72.8 Å². The van der Waals surface area contributed by atoms with E-state index in [0.29, 0.717) is 29.8 Å². The molecular weight excluding hydrogens is 485 g/mol. The number of nitrogens with zero attached hydrogens (tertiary/aromatic N) is 2. The molecule has 0 saturated heterocycles. The summed E-state index contributed by atoms with van der Waals surface area (Å²) in [7, 11) is 1.29. The highest BCUT2D eigenvalue weighted by molar-refractivity contribution is 6.06. The van der Waals surface area contributed by atoms with Crippen molar-refractivity contribution in [1.82, 2.24) is 15.1 Å². The lowest BCUT2D eigenvalue weighted by Gasteiger charge is -2.28. The highest BCUT2D eigenvalue weighted by atomic mass is 19.1. The number of halogens is 1. The first-order chi connectivity index (χ1) is 18.2. The molecule has 7 nitrogen and oxygen atoms in total. The van der Waals surface area contributed by atoms with Gasteiger partial charge in [0.2, 0.25) is 0 Å². The number of fused-ring (bicyclic) bond motifs is 1. The number of carbonyl (C=O) groups is 2. The molecule has 198 valence electrons. The molecule has 4 rings (SSSR count). The van der Waals surface area contributed by atoms with E-state index in [1.165, 1.54) is 24.8 Å². The standard InChI is InChI=1S/C30H32FN3O4/c1-30(2,3)27(29(36)37-4)32-28(35)26-24-15-14-23(38-17-16-20-8-6-5-7-9-20)18-25(24)34(33-26)19-21-10-12-22(31)13-11-21/h5-15,18,27H,16-17,19H2,1-4H3,(H,32,35)/t27-/m1/s1. The molecule has 0 aliphatic rings. The van der Waals surface area contributed by atoms with Crippen LogP contribution in [0.1, 0.15) is 42.4 Å². The van der Waals surface area contributed by atoms with E-state index < -0.39 is 23.3 Å². The van der Waals surface area contributed by atoms with Gasteiger partial charge >= 0.3 is 5.97 Å². The number of esters is 1. The molecule has 1 atom stereocenters. The lowest BCUT2D eigenvalue weighted by molar-refractivity contribution is -0.145. The van der Waals surface area contributed by atoms with E-state index in [-0.39, 0.29) is 11.5 Å². The van der Waals surface area contributed by atoms with E-state index in [2.05, 4.69) is 10.4 Å². The van der Waals surface area contributed by atoms with Crippen molar-refractivity contribution in [3.8, 4) is 5.75 Å². The minimum atomic E-state index is -0.863. The quantitative estimate of drug-likeness (QED) is 0.310. The molecule has 1 amide bonds. The van der Waals surface area contributed by atoms with Crippen LogP contribution < -0.4 is 10.1 Å². The predicted octanol–water partition coefficient (Wildman–Crippen LogP) is 5.16. The van der Waals surface area contributed by atoms with Gasteiger partial charge in [0.15, 0.2) is 5.69 Å². The Hall–Kier alpha value is -4.20. The summed E-state index contributed by atoms with van der Waals surface area (Å²) in [6, 6.07) is 20.8. The largest absolute Gasteiger partial charge is 0.493 e. The minimum Gasteiger partial charge on any atom is -0.493 e. The first-order valence-corrected chi connectivity index (χ1v) is 12.5. The van der Waals surface area contributed by atoms with E-state index in [1.807, 2.05) is 57.2 Å². The maximum absolute atomic E-state index is 13.5. The number of ether oxygens (including phenoxy) is 2. The maximum atomic E-state index is 13.5. The third-order valence-electron chi connectivity index (χ3n) is 6.26. The van der Waals surface area contributed by atoms with Crippen molar-refractivity contribution < 1.29 is 23.5 Å². The van der Waals surface area contributed by atoms with E-state index in [9.17, 15) is 14.0 Å². The zero-order chi connectivity index (χ0) is 27.3. The number of hydrogen-bond donors (Lipinski definition) is 1. The van der Waals surface area contributed by atoms with Crippen LogP contribution in [-0.2, 0) is 22.5 Å². The molecule has 0 spiro atoms. The Balaban J connectivity index is 1.65. The zero-order valence-corrected chi connectivity index (χ0v) is 22.0. The van der Waals surface area contributed by atoms with Crippen molar-refractivity contribution in [1.29, 1.82) is 0 Å². The van der Waals surface area contributed by atoms with Crippen LogP contribution in [0.4, 0.5) is 4.39 Å². The van der Waals surface area contributed by atoms with Crippen molar-refractivity contribution in [3.63, 3.8) is 0 Å². The van der Waals surface area contributed by atoms with Crippen LogP contribution in [-0.4, -0.2) is 41.4 Å². The molecule has 0 fully saturated rings. The van der Waals surface area contributed by atoms with Crippen molar-refractivity contribution in [2.24, 2.45) is 5.41 Å². The SMILES string of the molecule is COC(=O)[C@@H](NC(=O)c1nn(Cc2ccc(F)cc2)c2cc(OCCc3ccccc3)ccc12)C(C)(C)C. The van der Waals surface area contributed by atoms with Gasteiger partial charge in [-0.1, -0.05) is 63.2 Å². The van der Waals surface area contributed by atoms with E-state index in [4.69, 9.17) is 9.47 Å². The first kappa shape index (κ1) is 26.9. The lowest BCUT2D eigenvalue weighted by Crippen LogP contribution is -2.49. The summed E-state index contributed by atoms with van der Waals surface area (Å²) in [5.41, 5.74) is 2.28. The lowest BCUT2D eigenvalue weighted by atomic mass is 9.86. The van der Waals surface area contributed by atoms with Gasteiger partial charge in [0.05, 0.1) is 25.8 Å². The molecule has 4 aromatic rings. The van der Waals surface area contributed by atoms with Crippen molar-refractivity contribution >= 4 is 22.8 Å². The highest BCUT2D eigenvalue weighted by Crippen LogP contribution is 2.27. The van der Waals surface area contributed by atoms with Gasteiger partial charge in [-0.15, -0.1) is 0 Å². The molecule has 1 heterocycles. The number of amides is 1. The Morgan fingerprint density at radius 1 is 1.00 bits per heavy atom. The summed E-state index contributed by atoms with van der Waals surface area (Å²) in [4.78, 5) is 25.8. The van der Waals surface area contributed by atoms with Gasteiger partial charge in [0.25, 0.3) is 5.91 Å². The van der Waals surface area contributed by atoms with Gasteiger partial charge in [-0.25, -0.2) is 9.18 Å². The smallest absolute Gasteiger partial charge is 0.328 e. The number of nitrogens with one attached hydrogen (secondary N) is 1. The topological polar surface area (TPSA) is 82.5 Å². The second kappa shape index (κ2) is 11.5. The van der Waals surface area contributed by atoms with Gasteiger partial charge in [-0.2, -0.15) is 5.10 Å². The van der Waals surface area contributed by atoms with E-state index in [1.54, 1.807) is 28.9 Å². The third kappa shape index (κ3) is 6.37. The van der Waals surface area contributed by atoms with Crippen LogP contribution in [0, 0.1) is 11.2 Å². The summed E-state index contributed by atoms with van der Waals surface area (Å²) in [5.74, 6) is -0.710. The van der Waals surface area contributed by atoms with E-state index >= 15 is 0 Å². The Bertz CT molecular complexity index is 1410. The monoisotopic (exact) mass is 517 g/mol. The van der Waals surface area contributed by atoms with Crippen LogP contribution in [0.2, 0.25) is 0 Å². The van der Waals surface area contributed by atoms with Crippen molar-refractivity contribution in [2.45, 2.75) is 39.8 Å². The molecule has 0 unspecified atom stereocenters. The number of hydrogen-bond acceptors (Lipinski definition) is 5. The van der Waals surface area contributed by atoms with Crippen LogP contribution in [0.5, 0.6) is 5.75 Å². The summed E-state index contributed by atoms with van der Waals surface area (Å²) >= 11 is 0. The summed E-state index contributed by atoms with van der Waals surface area (Å²) in [6.45, 7) is 6.34. The van der Waals surface area contributed by atoms with Crippen LogP contribution >= 0.6 is 0 Å². The minimum absolute atomic E-state index is 0.177. The Morgan fingerprint density at radius 2 is 1.71 bits per heavy atom. The van der Waals surface area contributed by atoms with E-state index in [0.717, 1.165) is 12.0 Å². The molecule has 3 aromatic carbocycles. The fourth-order valence-electron chi connectivity index (χ4n) is 4.17. The Morgan fingerprint density at radius 3 is 2.37 bits per heavy atom. The molecule has 0 aliphatic heterocycles. The second-order valence-corrected chi connectivity index (χ2v) is 10.2. The molecule has 38 heavy (non-hydrogen) atoms. The average Bonchev–Trinajstić information content (AvgIpc) is 3.25. The van der Waals surface area contributed by atoms with Crippen LogP contribution in [0.3, 0.4) is 0 Å². The normalized spacial score (nSPS) is 12.2. The van der Waals surface area contributed by atoms with Crippen molar-refractivity contribution in [2.75, 3.05) is 13.7 Å². The molecule has 8 heteroatoms. The molecule has 0 bridgehead atoms. The number of aromatic nitrogens is 2. The molecule has 1 aromatic heterocycles. The van der Waals surface area contributed by atoms with Gasteiger partial charge in [0.1, 0.15) is 17.6 Å². The highest BCUT2D eigenvalue weighted by Gasteiger charge is 2.35. The Labute approximate surface area is 221 Å². The molecular formula is C30H32FN3O4. The maximum Gasteiger partial charge on any atom is 0.328 e. The van der Waals surface area contributed by atoms with Gasteiger partial charge in [-0.3, -0.25) is 9.48 Å². The average molecular weight is 518 g/mol. The fraction of sp³-hybridized carbons (Fsp3) is 0.300. The van der Waals surface area contributed by atoms with Gasteiger partial charge in [0, 0.05) is 17.9 Å². The van der Waals surface area contributed by atoms with Crippen LogP contribution in [0.25, 0.3) is 10.9 Å². The molecule has 0 saturated carbocycles. The summed E-state index contributed by atoms with van der Waals surface area (Å²) in [5, 5.41) is 8.01. The molecule has 1 N–H and O–H groups in total. The zero-order valence-electron chi connectivity index (χ0n) is 22.0. The predicted molar refractivity (Wildman–Crippen MR) is 144 cm³/mol.